The molecule has 0 bridgehead atoms. The van der Waals surface area contributed by atoms with E-state index in [2.05, 4.69) is 10.0 Å². The Hall–Kier alpha value is -2.45. The third kappa shape index (κ3) is 4.55. The smallest absolute Gasteiger partial charge is 0.258 e. The lowest BCUT2D eigenvalue weighted by atomic mass is 10.2. The maximum Gasteiger partial charge on any atom is 0.258 e. The molecule has 2 rings (SSSR count). The van der Waals surface area contributed by atoms with Crippen molar-refractivity contribution in [3.8, 4) is 5.75 Å². The second-order valence-electron chi connectivity index (χ2n) is 5.19. The Balaban J connectivity index is 2.35. The molecule has 2 N–H and O–H groups in total. The van der Waals surface area contributed by atoms with Crippen LogP contribution in [-0.2, 0) is 10.0 Å². The molecule has 0 fully saturated rings. The lowest BCUT2D eigenvalue weighted by molar-refractivity contribution is 0.102. The minimum absolute atomic E-state index is 0.0226. The van der Waals surface area contributed by atoms with Crippen LogP contribution in [0.3, 0.4) is 0 Å². The number of anilines is 1. The van der Waals surface area contributed by atoms with Gasteiger partial charge in [-0.3, -0.25) is 4.79 Å². The van der Waals surface area contributed by atoms with Gasteiger partial charge in [0.25, 0.3) is 5.91 Å². The van der Waals surface area contributed by atoms with Gasteiger partial charge in [-0.25, -0.2) is 17.5 Å². The lowest BCUT2D eigenvalue weighted by Gasteiger charge is -2.13. The highest BCUT2D eigenvalue weighted by Gasteiger charge is 2.18. The van der Waals surface area contributed by atoms with Crippen molar-refractivity contribution in [3.63, 3.8) is 0 Å². The van der Waals surface area contributed by atoms with E-state index in [-0.39, 0.29) is 21.9 Å². The van der Waals surface area contributed by atoms with Crippen molar-refractivity contribution < 1.29 is 22.3 Å². The van der Waals surface area contributed by atoms with Crippen molar-refractivity contribution in [1.29, 1.82) is 0 Å². The normalized spacial score (nSPS) is 11.2. The molecule has 8 heteroatoms. The number of methoxy groups -OCH3 is 1. The maximum absolute atomic E-state index is 13.7. The molecule has 0 saturated heterocycles. The highest BCUT2D eigenvalue weighted by atomic mass is 32.2. The Kier molecular flexibility index (Phi) is 6.11. The Morgan fingerprint density at radius 2 is 1.92 bits per heavy atom. The molecule has 0 heterocycles. The topological polar surface area (TPSA) is 84.5 Å². The summed E-state index contributed by atoms with van der Waals surface area (Å²) in [5.41, 5.74) is -0.0166. The number of ether oxygens (including phenoxy) is 1. The molecule has 0 aliphatic rings. The van der Waals surface area contributed by atoms with Crippen molar-refractivity contribution >= 4 is 21.6 Å². The summed E-state index contributed by atoms with van der Waals surface area (Å²) in [6.07, 6.45) is 0.645. The van der Waals surface area contributed by atoms with Crippen LogP contribution in [-0.4, -0.2) is 28.0 Å². The molecule has 1 amide bonds. The summed E-state index contributed by atoms with van der Waals surface area (Å²) in [5, 5.41) is 2.49. The zero-order valence-electron chi connectivity index (χ0n) is 13.9. The van der Waals surface area contributed by atoms with Crippen LogP contribution in [0, 0.1) is 5.82 Å². The van der Waals surface area contributed by atoms with Gasteiger partial charge in [-0.1, -0.05) is 19.1 Å². The molecule has 0 aliphatic heterocycles. The summed E-state index contributed by atoms with van der Waals surface area (Å²) < 4.78 is 45.8. The summed E-state index contributed by atoms with van der Waals surface area (Å²) >= 11 is 0. The van der Waals surface area contributed by atoms with Gasteiger partial charge in [0.1, 0.15) is 11.6 Å². The number of rotatable bonds is 7. The molecule has 0 aliphatic carbocycles. The van der Waals surface area contributed by atoms with Crippen molar-refractivity contribution in [2.24, 2.45) is 0 Å². The lowest BCUT2D eigenvalue weighted by Crippen LogP contribution is -2.24. The van der Waals surface area contributed by atoms with E-state index in [0.717, 1.165) is 0 Å². The van der Waals surface area contributed by atoms with E-state index in [1.165, 1.54) is 49.6 Å². The average Bonchev–Trinajstić information content (AvgIpc) is 2.60. The van der Waals surface area contributed by atoms with Crippen LogP contribution < -0.4 is 14.8 Å². The fourth-order valence-electron chi connectivity index (χ4n) is 2.11. The quantitative estimate of drug-likeness (QED) is 0.789. The van der Waals surface area contributed by atoms with E-state index < -0.39 is 21.7 Å². The van der Waals surface area contributed by atoms with E-state index in [0.29, 0.717) is 13.0 Å². The van der Waals surface area contributed by atoms with E-state index in [1.54, 1.807) is 0 Å². The van der Waals surface area contributed by atoms with E-state index in [9.17, 15) is 17.6 Å². The number of carbonyl (C=O) groups excluding carboxylic acids is 1. The van der Waals surface area contributed by atoms with Gasteiger partial charge in [-0.05, 0) is 36.8 Å². The number of hydrogen-bond donors (Lipinski definition) is 2. The van der Waals surface area contributed by atoms with Gasteiger partial charge in [0.2, 0.25) is 10.0 Å². The van der Waals surface area contributed by atoms with Crippen LogP contribution in [0.5, 0.6) is 5.75 Å². The molecule has 0 unspecified atom stereocenters. The third-order valence-corrected chi connectivity index (χ3v) is 4.85. The Morgan fingerprint density at radius 1 is 1.20 bits per heavy atom. The Bertz CT molecular complexity index is 869. The highest BCUT2D eigenvalue weighted by Crippen LogP contribution is 2.28. The van der Waals surface area contributed by atoms with Crippen LogP contribution in [0.25, 0.3) is 0 Å². The fourth-order valence-corrected chi connectivity index (χ4v) is 3.27. The first kappa shape index (κ1) is 18.9. The monoisotopic (exact) mass is 366 g/mol. The minimum atomic E-state index is -3.71. The molecule has 25 heavy (non-hydrogen) atoms. The fraction of sp³-hybridized carbons (Fsp3) is 0.235. The number of carbonyl (C=O) groups is 1. The predicted octanol–water partition coefficient (Wildman–Crippen LogP) is 2.77. The third-order valence-electron chi connectivity index (χ3n) is 3.39. The zero-order valence-corrected chi connectivity index (χ0v) is 14.7. The van der Waals surface area contributed by atoms with Gasteiger partial charge in [-0.15, -0.1) is 0 Å². The first-order valence-corrected chi connectivity index (χ1v) is 9.11. The summed E-state index contributed by atoms with van der Waals surface area (Å²) in [6.45, 7) is 2.14. The van der Waals surface area contributed by atoms with Crippen molar-refractivity contribution in [2.45, 2.75) is 18.2 Å². The number of hydrogen-bond acceptors (Lipinski definition) is 4. The van der Waals surface area contributed by atoms with Gasteiger partial charge < -0.3 is 10.1 Å². The minimum Gasteiger partial charge on any atom is -0.495 e. The predicted molar refractivity (Wildman–Crippen MR) is 92.8 cm³/mol. The van der Waals surface area contributed by atoms with Crippen LogP contribution in [0.2, 0.25) is 0 Å². The Morgan fingerprint density at radius 3 is 2.56 bits per heavy atom. The summed E-state index contributed by atoms with van der Waals surface area (Å²) in [7, 11) is -2.32. The van der Waals surface area contributed by atoms with E-state index in [4.69, 9.17) is 4.74 Å². The summed E-state index contributed by atoms with van der Waals surface area (Å²) in [4.78, 5) is 12.2. The Labute approximate surface area is 146 Å². The SMILES string of the molecule is CCCNS(=O)(=O)c1ccc(OC)c(NC(=O)c2ccccc2F)c1. The molecule has 0 radical (unpaired) electrons. The molecule has 6 nitrogen and oxygen atoms in total. The summed E-state index contributed by atoms with van der Waals surface area (Å²) in [6, 6.07) is 9.58. The summed E-state index contributed by atoms with van der Waals surface area (Å²) in [5.74, 6) is -1.11. The van der Waals surface area contributed by atoms with Crippen LogP contribution in [0.4, 0.5) is 10.1 Å². The van der Waals surface area contributed by atoms with E-state index >= 15 is 0 Å². The van der Waals surface area contributed by atoms with Crippen LogP contribution >= 0.6 is 0 Å². The molecule has 2 aromatic carbocycles. The molecule has 0 atom stereocenters. The van der Waals surface area contributed by atoms with Gasteiger partial charge in [0.05, 0.1) is 23.3 Å². The second-order valence-corrected chi connectivity index (χ2v) is 6.96. The largest absolute Gasteiger partial charge is 0.495 e. The molecule has 0 spiro atoms. The van der Waals surface area contributed by atoms with Gasteiger partial charge >= 0.3 is 0 Å². The molecule has 0 aromatic heterocycles. The van der Waals surface area contributed by atoms with Gasteiger partial charge in [0, 0.05) is 6.54 Å². The molecular formula is C17H19FN2O4S. The van der Waals surface area contributed by atoms with Gasteiger partial charge in [0.15, 0.2) is 0 Å². The first-order chi connectivity index (χ1) is 11.9. The number of nitrogens with one attached hydrogen (secondary N) is 2. The van der Waals surface area contributed by atoms with Crippen LogP contribution in [0.15, 0.2) is 47.4 Å². The zero-order chi connectivity index (χ0) is 18.4. The maximum atomic E-state index is 13.7. The standard InChI is InChI=1S/C17H19FN2O4S/c1-3-10-19-25(22,23)12-8-9-16(24-2)15(11-12)20-17(21)13-6-4-5-7-14(13)18/h4-9,11,19H,3,10H2,1-2H3,(H,20,21). The first-order valence-electron chi connectivity index (χ1n) is 7.62. The van der Waals surface area contributed by atoms with Crippen molar-refractivity contribution in [2.75, 3.05) is 19.0 Å². The number of benzene rings is 2. The molecule has 134 valence electrons. The second kappa shape index (κ2) is 8.09. The molecular weight excluding hydrogens is 347 g/mol. The van der Waals surface area contributed by atoms with Gasteiger partial charge in [-0.2, -0.15) is 0 Å². The molecule has 0 saturated carbocycles. The van der Waals surface area contributed by atoms with Crippen molar-refractivity contribution in [3.05, 3.63) is 53.8 Å². The highest BCUT2D eigenvalue weighted by molar-refractivity contribution is 7.89. The molecule has 2 aromatic rings. The number of halogens is 1. The number of amides is 1. The van der Waals surface area contributed by atoms with Crippen molar-refractivity contribution in [1.82, 2.24) is 4.72 Å². The van der Waals surface area contributed by atoms with Crippen LogP contribution in [0.1, 0.15) is 23.7 Å². The van der Waals surface area contributed by atoms with E-state index in [1.807, 2.05) is 6.92 Å². The average molecular weight is 366 g/mol. The number of sulfonamides is 1.